The summed E-state index contributed by atoms with van der Waals surface area (Å²) in [4.78, 5) is 27.5. The van der Waals surface area contributed by atoms with E-state index < -0.39 is 0 Å². The van der Waals surface area contributed by atoms with Gasteiger partial charge in [0.2, 0.25) is 0 Å². The minimum absolute atomic E-state index is 0.00416. The molecular weight excluding hydrogens is 342 g/mol. The first-order valence-corrected chi connectivity index (χ1v) is 9.53. The predicted molar refractivity (Wildman–Crippen MR) is 99.6 cm³/mol. The zero-order valence-corrected chi connectivity index (χ0v) is 15.0. The number of hydrogen-bond donors (Lipinski definition) is 0. The molecule has 0 spiro atoms. The van der Waals surface area contributed by atoms with Crippen LogP contribution in [0.3, 0.4) is 0 Å². The van der Waals surface area contributed by atoms with E-state index in [4.69, 9.17) is 9.47 Å². The van der Waals surface area contributed by atoms with Crippen molar-refractivity contribution in [2.45, 2.75) is 19.1 Å². The van der Waals surface area contributed by atoms with Crippen LogP contribution in [0.1, 0.15) is 39.1 Å². The van der Waals surface area contributed by atoms with Gasteiger partial charge in [0.15, 0.2) is 12.1 Å². The van der Waals surface area contributed by atoms with Gasteiger partial charge in [-0.15, -0.1) is 0 Å². The van der Waals surface area contributed by atoms with Gasteiger partial charge in [0, 0.05) is 35.7 Å². The molecule has 2 heterocycles. The Kier molecular flexibility index (Phi) is 4.06. The molecule has 2 aromatic rings. The van der Waals surface area contributed by atoms with Gasteiger partial charge in [-0.05, 0) is 36.1 Å². The summed E-state index contributed by atoms with van der Waals surface area (Å²) in [6, 6.07) is 13.1. The van der Waals surface area contributed by atoms with Crippen LogP contribution < -0.4 is 0 Å². The second-order valence-corrected chi connectivity index (χ2v) is 7.37. The van der Waals surface area contributed by atoms with E-state index in [1.165, 1.54) is 0 Å². The number of piperidine rings is 1. The molecule has 5 rings (SSSR count). The summed E-state index contributed by atoms with van der Waals surface area (Å²) in [6.07, 6.45) is 1.65. The third-order valence-corrected chi connectivity index (χ3v) is 5.83. The Balaban J connectivity index is 1.33. The SMILES string of the molecule is O=C1c2ccccc2-c2ccc(C(=O)N3CCC(C4OCCO4)CC3)cc21. The van der Waals surface area contributed by atoms with Crippen molar-refractivity contribution in [2.24, 2.45) is 5.92 Å². The minimum Gasteiger partial charge on any atom is -0.350 e. The van der Waals surface area contributed by atoms with Crippen molar-refractivity contribution in [3.8, 4) is 11.1 Å². The van der Waals surface area contributed by atoms with Crippen molar-refractivity contribution in [1.29, 1.82) is 0 Å². The van der Waals surface area contributed by atoms with Gasteiger partial charge in [0.25, 0.3) is 5.91 Å². The average molecular weight is 363 g/mol. The largest absolute Gasteiger partial charge is 0.350 e. The molecule has 5 nitrogen and oxygen atoms in total. The van der Waals surface area contributed by atoms with Crippen LogP contribution in [-0.4, -0.2) is 49.2 Å². The van der Waals surface area contributed by atoms with E-state index in [0.717, 1.165) is 29.5 Å². The van der Waals surface area contributed by atoms with Crippen molar-refractivity contribution >= 4 is 11.7 Å². The number of rotatable bonds is 2. The fraction of sp³-hybridized carbons (Fsp3) is 0.364. The number of amides is 1. The van der Waals surface area contributed by atoms with Gasteiger partial charge in [0.1, 0.15) is 0 Å². The summed E-state index contributed by atoms with van der Waals surface area (Å²) in [5, 5.41) is 0. The van der Waals surface area contributed by atoms with Gasteiger partial charge in [-0.2, -0.15) is 0 Å². The molecule has 1 amide bonds. The van der Waals surface area contributed by atoms with Gasteiger partial charge >= 0.3 is 0 Å². The molecule has 3 aliphatic rings. The molecule has 2 aliphatic heterocycles. The lowest BCUT2D eigenvalue weighted by Gasteiger charge is -2.34. The number of hydrogen-bond acceptors (Lipinski definition) is 4. The number of benzene rings is 2. The van der Waals surface area contributed by atoms with E-state index in [0.29, 0.717) is 43.3 Å². The van der Waals surface area contributed by atoms with Crippen molar-refractivity contribution in [2.75, 3.05) is 26.3 Å². The topological polar surface area (TPSA) is 55.8 Å². The highest BCUT2D eigenvalue weighted by Crippen LogP contribution is 2.37. The van der Waals surface area contributed by atoms with E-state index in [-0.39, 0.29) is 18.0 Å². The molecule has 0 unspecified atom stereocenters. The second kappa shape index (κ2) is 6.59. The average Bonchev–Trinajstić information content (AvgIpc) is 3.35. The van der Waals surface area contributed by atoms with Gasteiger partial charge in [-0.1, -0.05) is 30.3 Å². The minimum atomic E-state index is -0.113. The van der Waals surface area contributed by atoms with Crippen LogP contribution in [0.4, 0.5) is 0 Å². The van der Waals surface area contributed by atoms with Crippen molar-refractivity contribution in [3.05, 3.63) is 59.2 Å². The van der Waals surface area contributed by atoms with Crippen LogP contribution >= 0.6 is 0 Å². The quantitative estimate of drug-likeness (QED) is 0.702. The third kappa shape index (κ3) is 2.78. The molecular formula is C22H21NO4. The number of ketones is 1. The Bertz CT molecular complexity index is 908. The molecule has 5 heteroatoms. The third-order valence-electron chi connectivity index (χ3n) is 5.83. The first-order chi connectivity index (χ1) is 13.2. The lowest BCUT2D eigenvalue weighted by Crippen LogP contribution is -2.41. The molecule has 0 aromatic heterocycles. The fourth-order valence-electron chi connectivity index (χ4n) is 4.37. The maximum atomic E-state index is 13.0. The van der Waals surface area contributed by atoms with Crippen LogP contribution in [0, 0.1) is 5.92 Å². The predicted octanol–water partition coefficient (Wildman–Crippen LogP) is 3.12. The molecule has 0 radical (unpaired) electrons. The fourth-order valence-corrected chi connectivity index (χ4v) is 4.37. The second-order valence-electron chi connectivity index (χ2n) is 7.37. The Labute approximate surface area is 157 Å². The van der Waals surface area contributed by atoms with E-state index >= 15 is 0 Å². The zero-order valence-electron chi connectivity index (χ0n) is 15.0. The monoisotopic (exact) mass is 363 g/mol. The van der Waals surface area contributed by atoms with Crippen LogP contribution in [-0.2, 0) is 9.47 Å². The molecule has 27 heavy (non-hydrogen) atoms. The standard InChI is InChI=1S/C22H21NO4/c24-20-18-4-2-1-3-16(18)17-6-5-15(13-19(17)20)21(25)23-9-7-14(8-10-23)22-26-11-12-27-22/h1-6,13-14,22H,7-12H2. The first-order valence-electron chi connectivity index (χ1n) is 9.53. The summed E-state index contributed by atoms with van der Waals surface area (Å²) >= 11 is 0. The number of fused-ring (bicyclic) bond motifs is 3. The molecule has 0 N–H and O–H groups in total. The van der Waals surface area contributed by atoms with E-state index in [1.807, 2.05) is 41.3 Å². The van der Waals surface area contributed by atoms with Gasteiger partial charge in [0.05, 0.1) is 13.2 Å². The lowest BCUT2D eigenvalue weighted by atomic mass is 9.95. The van der Waals surface area contributed by atoms with Crippen LogP contribution in [0.2, 0.25) is 0 Å². The van der Waals surface area contributed by atoms with E-state index in [1.54, 1.807) is 6.07 Å². The number of ether oxygens (including phenoxy) is 2. The van der Waals surface area contributed by atoms with Gasteiger partial charge in [-0.3, -0.25) is 9.59 Å². The van der Waals surface area contributed by atoms with Crippen molar-refractivity contribution in [1.82, 2.24) is 4.90 Å². The summed E-state index contributed by atoms with van der Waals surface area (Å²) in [6.45, 7) is 2.71. The maximum Gasteiger partial charge on any atom is 0.253 e. The smallest absolute Gasteiger partial charge is 0.253 e. The van der Waals surface area contributed by atoms with Crippen LogP contribution in [0.25, 0.3) is 11.1 Å². The van der Waals surface area contributed by atoms with Gasteiger partial charge < -0.3 is 14.4 Å². The van der Waals surface area contributed by atoms with Gasteiger partial charge in [-0.25, -0.2) is 0 Å². The molecule has 2 saturated heterocycles. The molecule has 138 valence electrons. The van der Waals surface area contributed by atoms with E-state index in [2.05, 4.69) is 0 Å². The summed E-state index contributed by atoms with van der Waals surface area (Å²) in [5.74, 6) is 0.352. The van der Waals surface area contributed by atoms with Crippen LogP contribution in [0.5, 0.6) is 0 Å². The molecule has 0 bridgehead atoms. The Hall–Kier alpha value is -2.50. The Morgan fingerprint density at radius 1 is 0.889 bits per heavy atom. The first kappa shape index (κ1) is 16.7. The highest BCUT2D eigenvalue weighted by Gasteiger charge is 2.33. The number of likely N-dealkylation sites (tertiary alicyclic amines) is 1. The molecule has 0 saturated carbocycles. The van der Waals surface area contributed by atoms with Crippen molar-refractivity contribution < 1.29 is 19.1 Å². The summed E-state index contributed by atoms with van der Waals surface area (Å²) in [7, 11) is 0. The molecule has 1 aliphatic carbocycles. The lowest BCUT2D eigenvalue weighted by molar-refractivity contribution is -0.0956. The Morgan fingerprint density at radius 3 is 2.30 bits per heavy atom. The van der Waals surface area contributed by atoms with Crippen LogP contribution in [0.15, 0.2) is 42.5 Å². The summed E-state index contributed by atoms with van der Waals surface area (Å²) < 4.78 is 11.2. The molecule has 2 fully saturated rings. The molecule has 0 atom stereocenters. The number of carbonyl (C=O) groups is 2. The number of nitrogens with zero attached hydrogens (tertiary/aromatic N) is 1. The Morgan fingerprint density at radius 2 is 1.56 bits per heavy atom. The van der Waals surface area contributed by atoms with E-state index in [9.17, 15) is 9.59 Å². The number of carbonyl (C=O) groups excluding carboxylic acids is 2. The normalized spacial score (nSPS) is 20.0. The maximum absolute atomic E-state index is 13.0. The highest BCUT2D eigenvalue weighted by molar-refractivity contribution is 6.22. The highest BCUT2D eigenvalue weighted by atomic mass is 16.7. The summed E-state index contributed by atoms with van der Waals surface area (Å²) in [5.41, 5.74) is 3.80. The zero-order chi connectivity index (χ0) is 18.4. The van der Waals surface area contributed by atoms with Crippen molar-refractivity contribution in [3.63, 3.8) is 0 Å². The molecule has 2 aromatic carbocycles.